The van der Waals surface area contributed by atoms with E-state index in [-0.39, 0.29) is 35.6 Å². The number of ether oxygens (including phenoxy) is 1. The van der Waals surface area contributed by atoms with E-state index in [1.54, 1.807) is 0 Å². The van der Waals surface area contributed by atoms with Gasteiger partial charge in [-0.05, 0) is 73.3 Å². The first kappa shape index (κ1) is 28.8. The summed E-state index contributed by atoms with van der Waals surface area (Å²) in [6.45, 7) is 7.69. The van der Waals surface area contributed by atoms with Crippen LogP contribution < -0.4 is 0 Å². The number of carbonyl (C=O) groups excluding carboxylic acids is 2. The summed E-state index contributed by atoms with van der Waals surface area (Å²) in [4.78, 5) is 28.7. The van der Waals surface area contributed by atoms with Gasteiger partial charge in [-0.3, -0.25) is 9.59 Å². The van der Waals surface area contributed by atoms with E-state index in [1.165, 1.54) is 7.11 Å². The Morgan fingerprint density at radius 3 is 2.39 bits per heavy atom. The Balaban J connectivity index is 2.22. The number of nitrogens with zero attached hydrogens (tertiary/aromatic N) is 1. The molecule has 1 amide bonds. The van der Waals surface area contributed by atoms with Crippen molar-refractivity contribution in [1.82, 2.24) is 4.90 Å². The maximum Gasteiger partial charge on any atom is 0.306 e. The highest BCUT2D eigenvalue weighted by molar-refractivity contribution is 7.92. The van der Waals surface area contributed by atoms with Crippen molar-refractivity contribution in [2.24, 2.45) is 5.41 Å². The molecule has 1 aliphatic rings. The van der Waals surface area contributed by atoms with Gasteiger partial charge in [-0.1, -0.05) is 61.3 Å². The van der Waals surface area contributed by atoms with E-state index in [1.807, 2.05) is 81.1 Å². The summed E-state index contributed by atoms with van der Waals surface area (Å²) in [6, 6.07) is 14.6. The van der Waals surface area contributed by atoms with Gasteiger partial charge in [0.25, 0.3) is 0 Å². The molecule has 0 aromatic heterocycles. The summed E-state index contributed by atoms with van der Waals surface area (Å²) >= 11 is 11.5. The van der Waals surface area contributed by atoms with Crippen molar-refractivity contribution >= 4 is 46.3 Å². The summed E-state index contributed by atoms with van der Waals surface area (Å²) in [5.41, 5.74) is 0.929. The lowest BCUT2D eigenvalue weighted by Gasteiger charge is -2.51. The van der Waals surface area contributed by atoms with E-state index in [9.17, 15) is 14.1 Å². The third kappa shape index (κ3) is 6.39. The SMILES string of the molecule is CC[C@@H](C[S@@+]([O-])C(C)C)N1C(=O)[C@@](C)(CC(=O)OC)C[C@H](c2cccc(Cl)c2)[C@H]1c1ccc(Cl)cc1. The molecule has 0 saturated carbocycles. The van der Waals surface area contributed by atoms with Crippen molar-refractivity contribution in [3.63, 3.8) is 0 Å². The average molecular weight is 553 g/mol. The predicted octanol–water partition coefficient (Wildman–Crippen LogP) is 6.56. The lowest BCUT2D eigenvalue weighted by molar-refractivity contribution is -0.161. The van der Waals surface area contributed by atoms with Crippen LogP contribution in [0, 0.1) is 5.41 Å². The van der Waals surface area contributed by atoms with Gasteiger partial charge in [-0.25, -0.2) is 0 Å². The van der Waals surface area contributed by atoms with Gasteiger partial charge in [0.2, 0.25) is 5.91 Å². The van der Waals surface area contributed by atoms with Crippen LogP contribution in [0.4, 0.5) is 0 Å². The Labute approximate surface area is 227 Å². The zero-order valence-electron chi connectivity index (χ0n) is 21.5. The Morgan fingerprint density at radius 1 is 1.17 bits per heavy atom. The number of piperidine rings is 1. The van der Waals surface area contributed by atoms with Crippen LogP contribution in [0.2, 0.25) is 10.0 Å². The van der Waals surface area contributed by atoms with Crippen LogP contribution in [0.3, 0.4) is 0 Å². The molecule has 1 heterocycles. The molecule has 0 aliphatic carbocycles. The molecule has 2 aromatic carbocycles. The van der Waals surface area contributed by atoms with E-state index in [0.29, 0.717) is 28.6 Å². The van der Waals surface area contributed by atoms with Crippen LogP contribution in [0.15, 0.2) is 48.5 Å². The minimum absolute atomic E-state index is 0.0295. The number of esters is 1. The van der Waals surface area contributed by atoms with Crippen molar-refractivity contribution < 1.29 is 18.9 Å². The maximum atomic E-state index is 14.3. The molecule has 2 aromatic rings. The first-order valence-corrected chi connectivity index (χ1v) is 14.4. The van der Waals surface area contributed by atoms with E-state index < -0.39 is 22.6 Å². The molecule has 5 atom stereocenters. The van der Waals surface area contributed by atoms with Crippen LogP contribution >= 0.6 is 23.2 Å². The van der Waals surface area contributed by atoms with E-state index in [4.69, 9.17) is 27.9 Å². The fraction of sp³-hybridized carbons (Fsp3) is 0.500. The topological polar surface area (TPSA) is 69.7 Å². The van der Waals surface area contributed by atoms with Crippen LogP contribution in [0.5, 0.6) is 0 Å². The molecular weight excluding hydrogens is 517 g/mol. The second-order valence-electron chi connectivity index (χ2n) is 10.0. The molecule has 3 rings (SSSR count). The number of methoxy groups -OCH3 is 1. The van der Waals surface area contributed by atoms with Gasteiger partial charge < -0.3 is 14.2 Å². The third-order valence-electron chi connectivity index (χ3n) is 7.10. The van der Waals surface area contributed by atoms with E-state index in [2.05, 4.69) is 0 Å². The van der Waals surface area contributed by atoms with Crippen LogP contribution in [0.1, 0.15) is 70.0 Å². The first-order valence-electron chi connectivity index (χ1n) is 12.3. The Hall–Kier alpha value is -1.73. The van der Waals surface area contributed by atoms with Crippen LogP contribution in [0.25, 0.3) is 0 Å². The number of rotatable bonds is 9. The zero-order chi connectivity index (χ0) is 26.6. The fourth-order valence-corrected chi connectivity index (χ4v) is 6.60. The Morgan fingerprint density at radius 2 is 1.83 bits per heavy atom. The normalized spacial score (nSPS) is 24.0. The molecule has 0 unspecified atom stereocenters. The monoisotopic (exact) mass is 551 g/mol. The molecule has 0 radical (unpaired) electrons. The smallest absolute Gasteiger partial charge is 0.306 e. The van der Waals surface area contributed by atoms with Gasteiger partial charge in [0.15, 0.2) is 0 Å². The predicted molar refractivity (Wildman–Crippen MR) is 147 cm³/mol. The molecule has 1 saturated heterocycles. The lowest BCUT2D eigenvalue weighted by Crippen LogP contribution is -2.57. The van der Waals surface area contributed by atoms with Gasteiger partial charge in [0, 0.05) is 16.0 Å². The van der Waals surface area contributed by atoms with Crippen molar-refractivity contribution in [3.05, 3.63) is 69.7 Å². The molecule has 1 fully saturated rings. The first-order chi connectivity index (χ1) is 17.0. The quantitative estimate of drug-likeness (QED) is 0.261. The fourth-order valence-electron chi connectivity index (χ4n) is 5.11. The lowest BCUT2D eigenvalue weighted by atomic mass is 9.67. The third-order valence-corrected chi connectivity index (χ3v) is 9.35. The highest BCUT2D eigenvalue weighted by Gasteiger charge is 2.53. The van der Waals surface area contributed by atoms with Crippen molar-refractivity contribution in [1.29, 1.82) is 0 Å². The van der Waals surface area contributed by atoms with Crippen LogP contribution in [-0.4, -0.2) is 45.5 Å². The molecule has 0 bridgehead atoms. The number of halogens is 2. The maximum absolute atomic E-state index is 14.3. The number of benzene rings is 2. The molecule has 196 valence electrons. The van der Waals surface area contributed by atoms with Gasteiger partial charge in [0.1, 0.15) is 11.0 Å². The molecule has 0 N–H and O–H groups in total. The molecule has 8 heteroatoms. The second kappa shape index (κ2) is 12.2. The highest BCUT2D eigenvalue weighted by atomic mass is 35.5. The second-order valence-corrected chi connectivity index (χ2v) is 13.0. The zero-order valence-corrected chi connectivity index (χ0v) is 23.8. The number of hydrogen-bond acceptors (Lipinski definition) is 4. The summed E-state index contributed by atoms with van der Waals surface area (Å²) in [5.74, 6) is -0.350. The van der Waals surface area contributed by atoms with Gasteiger partial charge in [-0.15, -0.1) is 0 Å². The van der Waals surface area contributed by atoms with Gasteiger partial charge in [0.05, 0.1) is 31.0 Å². The largest absolute Gasteiger partial charge is 0.616 e. The van der Waals surface area contributed by atoms with Crippen molar-refractivity contribution in [3.8, 4) is 0 Å². The number of carbonyl (C=O) groups is 2. The van der Waals surface area contributed by atoms with Crippen molar-refractivity contribution in [2.45, 2.75) is 70.2 Å². The van der Waals surface area contributed by atoms with E-state index in [0.717, 1.165) is 11.1 Å². The van der Waals surface area contributed by atoms with Gasteiger partial charge >= 0.3 is 5.97 Å². The van der Waals surface area contributed by atoms with Crippen molar-refractivity contribution in [2.75, 3.05) is 12.9 Å². The molecular formula is C28H35Cl2NO4S. The summed E-state index contributed by atoms with van der Waals surface area (Å²) in [6.07, 6.45) is 1.03. The molecule has 0 spiro atoms. The number of hydrogen-bond donors (Lipinski definition) is 0. The number of likely N-dealkylation sites (tertiary alicyclic amines) is 1. The van der Waals surface area contributed by atoms with Gasteiger partial charge in [-0.2, -0.15) is 0 Å². The number of amides is 1. The standard InChI is InChI=1S/C28H35Cl2NO4S/c1-6-23(17-36(34)18(2)3)31-26(19-10-12-21(29)13-11-19)24(20-8-7-9-22(30)14-20)15-28(4,27(31)33)16-25(32)35-5/h7-14,18,23-24,26H,6,15-17H2,1-5H3/t23-,24+,26+,28+,36+/m0/s1. The minimum atomic E-state index is -1.12. The minimum Gasteiger partial charge on any atom is -0.616 e. The average Bonchev–Trinajstić information content (AvgIpc) is 2.84. The molecule has 5 nitrogen and oxygen atoms in total. The Bertz CT molecular complexity index is 1060. The molecule has 1 aliphatic heterocycles. The summed E-state index contributed by atoms with van der Waals surface area (Å²) < 4.78 is 18.0. The Kier molecular flexibility index (Phi) is 9.78. The van der Waals surface area contributed by atoms with E-state index >= 15 is 0 Å². The molecule has 36 heavy (non-hydrogen) atoms. The highest BCUT2D eigenvalue weighted by Crippen LogP contribution is 2.52. The van der Waals surface area contributed by atoms with Crippen LogP contribution in [-0.2, 0) is 25.5 Å². The summed E-state index contributed by atoms with van der Waals surface area (Å²) in [7, 11) is 1.34. The summed E-state index contributed by atoms with van der Waals surface area (Å²) in [5, 5.41) is 1.18.